The van der Waals surface area contributed by atoms with E-state index >= 15 is 0 Å². The van der Waals surface area contributed by atoms with Crippen LogP contribution in [0.2, 0.25) is 0 Å². The van der Waals surface area contributed by atoms with Gasteiger partial charge < -0.3 is 14.6 Å². The van der Waals surface area contributed by atoms with Crippen LogP contribution >= 0.6 is 11.8 Å². The predicted octanol–water partition coefficient (Wildman–Crippen LogP) is 2.64. The van der Waals surface area contributed by atoms with Gasteiger partial charge in [0, 0.05) is 31.6 Å². The van der Waals surface area contributed by atoms with Crippen molar-refractivity contribution in [1.82, 2.24) is 9.55 Å². The van der Waals surface area contributed by atoms with Crippen LogP contribution in [0.1, 0.15) is 26.3 Å². The SMILES string of the molecule is COCC(C)Nc1nccn1C(C)CCSC. The van der Waals surface area contributed by atoms with E-state index in [-0.39, 0.29) is 6.04 Å². The van der Waals surface area contributed by atoms with Crippen molar-refractivity contribution in [3.05, 3.63) is 12.4 Å². The van der Waals surface area contributed by atoms with Gasteiger partial charge in [0.05, 0.1) is 6.61 Å². The van der Waals surface area contributed by atoms with Gasteiger partial charge in [-0.25, -0.2) is 4.98 Å². The van der Waals surface area contributed by atoms with Crippen molar-refractivity contribution < 1.29 is 4.74 Å². The Morgan fingerprint density at radius 2 is 2.29 bits per heavy atom. The third-order valence-corrected chi connectivity index (χ3v) is 3.32. The van der Waals surface area contributed by atoms with Crippen LogP contribution in [0.15, 0.2) is 12.4 Å². The van der Waals surface area contributed by atoms with E-state index in [0.29, 0.717) is 12.6 Å². The molecule has 1 aromatic rings. The Bertz CT molecular complexity index is 316. The molecule has 0 aromatic carbocycles. The van der Waals surface area contributed by atoms with Gasteiger partial charge in [0.25, 0.3) is 0 Å². The summed E-state index contributed by atoms with van der Waals surface area (Å²) in [6.45, 7) is 5.01. The summed E-state index contributed by atoms with van der Waals surface area (Å²) in [4.78, 5) is 4.36. The molecule has 1 rings (SSSR count). The molecule has 98 valence electrons. The van der Waals surface area contributed by atoms with Crippen LogP contribution in [0.3, 0.4) is 0 Å². The molecule has 5 heteroatoms. The number of nitrogens with zero attached hydrogens (tertiary/aromatic N) is 2. The van der Waals surface area contributed by atoms with E-state index in [4.69, 9.17) is 4.74 Å². The number of hydrogen-bond acceptors (Lipinski definition) is 4. The summed E-state index contributed by atoms with van der Waals surface area (Å²) in [5.41, 5.74) is 0. The van der Waals surface area contributed by atoms with Gasteiger partial charge in [0.1, 0.15) is 0 Å². The number of ether oxygens (including phenoxy) is 1. The molecule has 0 amide bonds. The molecular weight excluding hydrogens is 234 g/mol. The third-order valence-electron chi connectivity index (χ3n) is 2.68. The predicted molar refractivity (Wildman–Crippen MR) is 74.9 cm³/mol. The molecule has 0 spiro atoms. The Morgan fingerprint density at radius 3 is 2.94 bits per heavy atom. The molecule has 1 heterocycles. The zero-order valence-electron chi connectivity index (χ0n) is 11.1. The quantitative estimate of drug-likeness (QED) is 0.777. The molecule has 0 fully saturated rings. The number of rotatable bonds is 8. The summed E-state index contributed by atoms with van der Waals surface area (Å²) in [5.74, 6) is 2.11. The van der Waals surface area contributed by atoms with Crippen molar-refractivity contribution >= 4 is 17.7 Å². The van der Waals surface area contributed by atoms with Crippen LogP contribution < -0.4 is 5.32 Å². The lowest BCUT2D eigenvalue weighted by Crippen LogP contribution is -2.23. The van der Waals surface area contributed by atoms with E-state index in [1.54, 1.807) is 7.11 Å². The second-order valence-electron chi connectivity index (χ2n) is 4.29. The van der Waals surface area contributed by atoms with Crippen molar-refractivity contribution in [3.63, 3.8) is 0 Å². The first-order chi connectivity index (χ1) is 8.19. The standard InChI is InChI=1S/C12H23N3OS/c1-10(9-16-3)14-12-13-6-7-15(12)11(2)5-8-17-4/h6-7,10-11H,5,8-9H2,1-4H3,(H,13,14). The monoisotopic (exact) mass is 257 g/mol. The number of methoxy groups -OCH3 is 1. The fourth-order valence-corrected chi connectivity index (χ4v) is 2.30. The van der Waals surface area contributed by atoms with Crippen molar-refractivity contribution in [3.8, 4) is 0 Å². The van der Waals surface area contributed by atoms with E-state index in [1.807, 2.05) is 24.2 Å². The first-order valence-corrected chi connectivity index (χ1v) is 7.35. The maximum atomic E-state index is 5.11. The number of nitrogens with one attached hydrogen (secondary N) is 1. The van der Waals surface area contributed by atoms with Gasteiger partial charge in [-0.1, -0.05) is 0 Å². The number of thioether (sulfide) groups is 1. The average Bonchev–Trinajstić information content (AvgIpc) is 2.74. The molecule has 0 bridgehead atoms. The average molecular weight is 257 g/mol. The van der Waals surface area contributed by atoms with Gasteiger partial charge in [0.15, 0.2) is 0 Å². The third kappa shape index (κ3) is 4.60. The molecule has 0 radical (unpaired) electrons. The highest BCUT2D eigenvalue weighted by Gasteiger charge is 2.11. The van der Waals surface area contributed by atoms with E-state index in [0.717, 1.165) is 12.4 Å². The minimum atomic E-state index is 0.272. The second-order valence-corrected chi connectivity index (χ2v) is 5.27. The van der Waals surface area contributed by atoms with Crippen molar-refractivity contribution in [2.75, 3.05) is 31.0 Å². The van der Waals surface area contributed by atoms with Crippen LogP contribution in [-0.4, -0.2) is 41.3 Å². The Balaban J connectivity index is 2.58. The summed E-state index contributed by atoms with van der Waals surface area (Å²) >= 11 is 1.88. The Morgan fingerprint density at radius 1 is 1.53 bits per heavy atom. The molecule has 0 aliphatic rings. The molecule has 1 N–H and O–H groups in total. The molecule has 0 aliphatic heterocycles. The molecule has 17 heavy (non-hydrogen) atoms. The van der Waals surface area contributed by atoms with Gasteiger partial charge >= 0.3 is 0 Å². The van der Waals surface area contributed by atoms with E-state index < -0.39 is 0 Å². The minimum Gasteiger partial charge on any atom is -0.383 e. The number of aromatic nitrogens is 2. The van der Waals surface area contributed by atoms with Crippen LogP contribution in [0.25, 0.3) is 0 Å². The van der Waals surface area contributed by atoms with Crippen LogP contribution in [0.5, 0.6) is 0 Å². The van der Waals surface area contributed by atoms with Gasteiger partial charge in [-0.05, 0) is 32.3 Å². The Hall–Kier alpha value is -0.680. The van der Waals surface area contributed by atoms with Gasteiger partial charge in [0.2, 0.25) is 5.95 Å². The lowest BCUT2D eigenvalue weighted by Gasteiger charge is -2.19. The van der Waals surface area contributed by atoms with Crippen LogP contribution in [0.4, 0.5) is 5.95 Å². The van der Waals surface area contributed by atoms with Crippen LogP contribution in [-0.2, 0) is 4.74 Å². The minimum absolute atomic E-state index is 0.272. The molecule has 2 atom stereocenters. The molecule has 2 unspecified atom stereocenters. The summed E-state index contributed by atoms with van der Waals surface area (Å²) in [5, 5.41) is 3.37. The molecule has 0 aliphatic carbocycles. The smallest absolute Gasteiger partial charge is 0.203 e. The van der Waals surface area contributed by atoms with Gasteiger partial charge in [-0.15, -0.1) is 0 Å². The summed E-state index contributed by atoms with van der Waals surface area (Å²) in [6.07, 6.45) is 7.18. The molecular formula is C12H23N3OS. The summed E-state index contributed by atoms with van der Waals surface area (Å²) in [7, 11) is 1.71. The highest BCUT2D eigenvalue weighted by Crippen LogP contribution is 2.18. The highest BCUT2D eigenvalue weighted by atomic mass is 32.2. The maximum Gasteiger partial charge on any atom is 0.203 e. The lowest BCUT2D eigenvalue weighted by atomic mass is 10.2. The van der Waals surface area contributed by atoms with Crippen LogP contribution in [0, 0.1) is 0 Å². The van der Waals surface area contributed by atoms with Crippen molar-refractivity contribution in [2.24, 2.45) is 0 Å². The fourth-order valence-electron chi connectivity index (χ4n) is 1.72. The Labute approximate surface area is 108 Å². The number of hydrogen-bond donors (Lipinski definition) is 1. The number of imidazole rings is 1. The highest BCUT2D eigenvalue weighted by molar-refractivity contribution is 7.98. The fraction of sp³-hybridized carbons (Fsp3) is 0.750. The van der Waals surface area contributed by atoms with E-state index in [9.17, 15) is 0 Å². The second kappa shape index (κ2) is 7.61. The zero-order valence-corrected chi connectivity index (χ0v) is 12.0. The Kier molecular flexibility index (Phi) is 6.44. The van der Waals surface area contributed by atoms with E-state index in [1.165, 1.54) is 5.75 Å². The van der Waals surface area contributed by atoms with E-state index in [2.05, 4.69) is 35.0 Å². The molecule has 1 aromatic heterocycles. The molecule has 4 nitrogen and oxygen atoms in total. The molecule has 0 saturated heterocycles. The van der Waals surface area contributed by atoms with Crippen molar-refractivity contribution in [1.29, 1.82) is 0 Å². The maximum absolute atomic E-state index is 5.11. The lowest BCUT2D eigenvalue weighted by molar-refractivity contribution is 0.190. The largest absolute Gasteiger partial charge is 0.383 e. The van der Waals surface area contributed by atoms with Gasteiger partial charge in [-0.3, -0.25) is 0 Å². The first-order valence-electron chi connectivity index (χ1n) is 5.96. The number of anilines is 1. The zero-order chi connectivity index (χ0) is 12.7. The first kappa shape index (κ1) is 14.4. The normalized spacial score (nSPS) is 14.6. The summed E-state index contributed by atoms with van der Waals surface area (Å²) < 4.78 is 7.31. The summed E-state index contributed by atoms with van der Waals surface area (Å²) in [6, 6.07) is 0.746. The van der Waals surface area contributed by atoms with Crippen molar-refractivity contribution in [2.45, 2.75) is 32.4 Å². The van der Waals surface area contributed by atoms with Gasteiger partial charge in [-0.2, -0.15) is 11.8 Å². The topological polar surface area (TPSA) is 39.1 Å². The molecule has 0 saturated carbocycles.